The van der Waals surface area contributed by atoms with Gasteiger partial charge < -0.3 is 15.1 Å². The van der Waals surface area contributed by atoms with E-state index in [1.165, 1.54) is 0 Å². The fraction of sp³-hybridized carbons (Fsp3) is 0.154. The van der Waals surface area contributed by atoms with Crippen molar-refractivity contribution >= 4 is 56.8 Å². The molecule has 0 spiro atoms. The summed E-state index contributed by atoms with van der Waals surface area (Å²) in [4.78, 5) is 29.1. The minimum Gasteiger partial charge on any atom is -0.367 e. The molecule has 3 aromatic rings. The largest absolute Gasteiger partial charge is 0.367 e. The van der Waals surface area contributed by atoms with Crippen molar-refractivity contribution in [3.8, 4) is 0 Å². The molecule has 0 aliphatic carbocycles. The van der Waals surface area contributed by atoms with Crippen LogP contribution in [0.1, 0.15) is 15.9 Å². The summed E-state index contributed by atoms with van der Waals surface area (Å²) >= 11 is 9.95. The van der Waals surface area contributed by atoms with E-state index in [1.807, 2.05) is 71.6 Å². The monoisotopic (exact) mass is 523 g/mol. The SMILES string of the molecule is O=C(Nc1ccc(N2CCN(C(=O)/C=C/c3ccccc3)CC2)c(Cl)c1)c1ccccc1Br. The van der Waals surface area contributed by atoms with E-state index in [0.717, 1.165) is 15.7 Å². The smallest absolute Gasteiger partial charge is 0.256 e. The van der Waals surface area contributed by atoms with Crippen LogP contribution in [0.2, 0.25) is 5.02 Å². The van der Waals surface area contributed by atoms with Gasteiger partial charge in [0.1, 0.15) is 0 Å². The predicted octanol–water partition coefficient (Wildman–Crippen LogP) is 5.72. The fourth-order valence-corrected chi connectivity index (χ4v) is 4.45. The summed E-state index contributed by atoms with van der Waals surface area (Å²) in [6.07, 6.45) is 3.47. The number of rotatable bonds is 5. The van der Waals surface area contributed by atoms with Gasteiger partial charge in [-0.2, -0.15) is 0 Å². The topological polar surface area (TPSA) is 52.7 Å². The minimum atomic E-state index is -0.207. The average molecular weight is 525 g/mol. The standard InChI is InChI=1S/C26H23BrClN3O2/c27-22-9-5-4-8-21(22)26(33)29-20-11-12-24(23(28)18-20)30-14-16-31(17-15-30)25(32)13-10-19-6-2-1-3-7-19/h1-13,18H,14-17H2,(H,29,33)/b13-10+. The molecule has 0 saturated carbocycles. The van der Waals surface area contributed by atoms with Gasteiger partial charge in [0.15, 0.2) is 0 Å². The van der Waals surface area contributed by atoms with E-state index >= 15 is 0 Å². The van der Waals surface area contributed by atoms with Crippen molar-refractivity contribution in [1.29, 1.82) is 0 Å². The van der Waals surface area contributed by atoms with Crippen LogP contribution >= 0.6 is 27.5 Å². The molecule has 0 aromatic heterocycles. The number of benzene rings is 3. The van der Waals surface area contributed by atoms with Gasteiger partial charge in [-0.05, 0) is 57.9 Å². The Hall–Kier alpha value is -3.09. The number of hydrogen-bond acceptors (Lipinski definition) is 3. The number of piperazine rings is 1. The molecule has 1 N–H and O–H groups in total. The lowest BCUT2D eigenvalue weighted by atomic mass is 10.2. The zero-order valence-corrected chi connectivity index (χ0v) is 20.2. The Labute approximate surface area is 206 Å². The van der Waals surface area contributed by atoms with Gasteiger partial charge in [-0.1, -0.05) is 54.1 Å². The van der Waals surface area contributed by atoms with Crippen molar-refractivity contribution in [2.75, 3.05) is 36.4 Å². The van der Waals surface area contributed by atoms with E-state index in [9.17, 15) is 9.59 Å². The quantitative estimate of drug-likeness (QED) is 0.435. The Morgan fingerprint density at radius 3 is 2.30 bits per heavy atom. The number of anilines is 2. The molecule has 5 nitrogen and oxygen atoms in total. The lowest BCUT2D eigenvalue weighted by Crippen LogP contribution is -2.48. The second-order valence-corrected chi connectivity index (χ2v) is 8.92. The van der Waals surface area contributed by atoms with Crippen molar-refractivity contribution in [1.82, 2.24) is 4.90 Å². The Bertz CT molecular complexity index is 1180. The summed E-state index contributed by atoms with van der Waals surface area (Å²) in [5.74, 6) is -0.197. The first kappa shape index (κ1) is 23.1. The van der Waals surface area contributed by atoms with Gasteiger partial charge in [0, 0.05) is 42.4 Å². The fourth-order valence-electron chi connectivity index (χ4n) is 3.69. The molecule has 7 heteroatoms. The van der Waals surface area contributed by atoms with Crippen LogP contribution in [-0.2, 0) is 4.79 Å². The Balaban J connectivity index is 1.35. The summed E-state index contributed by atoms with van der Waals surface area (Å²) in [6.45, 7) is 2.62. The molecule has 0 radical (unpaired) electrons. The van der Waals surface area contributed by atoms with Gasteiger partial charge in [0.25, 0.3) is 5.91 Å². The maximum Gasteiger partial charge on any atom is 0.256 e. The lowest BCUT2D eigenvalue weighted by molar-refractivity contribution is -0.126. The van der Waals surface area contributed by atoms with Gasteiger partial charge in [0.05, 0.1) is 16.3 Å². The maximum absolute atomic E-state index is 12.5. The molecule has 2 amide bonds. The minimum absolute atomic E-state index is 0.00901. The van der Waals surface area contributed by atoms with Gasteiger partial charge in [-0.3, -0.25) is 9.59 Å². The maximum atomic E-state index is 12.5. The first-order valence-corrected chi connectivity index (χ1v) is 11.8. The number of carbonyl (C=O) groups is 2. The molecule has 1 heterocycles. The molecule has 4 rings (SSSR count). The molecule has 1 aliphatic rings. The van der Waals surface area contributed by atoms with Gasteiger partial charge in [-0.25, -0.2) is 0 Å². The van der Waals surface area contributed by atoms with E-state index in [4.69, 9.17) is 11.6 Å². The van der Waals surface area contributed by atoms with Crippen LogP contribution in [0.5, 0.6) is 0 Å². The third-order valence-corrected chi connectivity index (χ3v) is 6.47. The van der Waals surface area contributed by atoms with Gasteiger partial charge in [0.2, 0.25) is 5.91 Å². The van der Waals surface area contributed by atoms with Crippen LogP contribution in [0.25, 0.3) is 6.08 Å². The number of nitrogens with one attached hydrogen (secondary N) is 1. The highest BCUT2D eigenvalue weighted by molar-refractivity contribution is 9.10. The molecule has 1 aliphatic heterocycles. The Kier molecular flexibility index (Phi) is 7.47. The van der Waals surface area contributed by atoms with Crippen molar-refractivity contribution in [2.45, 2.75) is 0 Å². The number of hydrogen-bond donors (Lipinski definition) is 1. The summed E-state index contributed by atoms with van der Waals surface area (Å²) in [5, 5.41) is 3.45. The van der Waals surface area contributed by atoms with Crippen LogP contribution in [-0.4, -0.2) is 42.9 Å². The van der Waals surface area contributed by atoms with Crippen LogP contribution in [0.4, 0.5) is 11.4 Å². The molecule has 1 fully saturated rings. The molecule has 1 saturated heterocycles. The Morgan fingerprint density at radius 2 is 1.61 bits per heavy atom. The van der Waals surface area contributed by atoms with E-state index in [2.05, 4.69) is 26.1 Å². The van der Waals surface area contributed by atoms with E-state index in [1.54, 1.807) is 18.2 Å². The second-order valence-electron chi connectivity index (χ2n) is 7.66. The van der Waals surface area contributed by atoms with Crippen LogP contribution in [0.3, 0.4) is 0 Å². The number of amides is 2. The zero-order chi connectivity index (χ0) is 23.2. The molecule has 168 valence electrons. The Morgan fingerprint density at radius 1 is 0.909 bits per heavy atom. The molecule has 3 aromatic carbocycles. The molecule has 0 unspecified atom stereocenters. The highest BCUT2D eigenvalue weighted by Gasteiger charge is 2.21. The van der Waals surface area contributed by atoms with E-state index in [-0.39, 0.29) is 11.8 Å². The summed E-state index contributed by atoms with van der Waals surface area (Å²) < 4.78 is 0.733. The first-order valence-electron chi connectivity index (χ1n) is 10.6. The lowest BCUT2D eigenvalue weighted by Gasteiger charge is -2.36. The first-order chi connectivity index (χ1) is 16.0. The average Bonchev–Trinajstić information content (AvgIpc) is 2.84. The van der Waals surface area contributed by atoms with Crippen molar-refractivity contribution in [3.05, 3.63) is 99.5 Å². The van der Waals surface area contributed by atoms with E-state index < -0.39 is 0 Å². The number of nitrogens with zero attached hydrogens (tertiary/aromatic N) is 2. The second kappa shape index (κ2) is 10.7. The van der Waals surface area contributed by atoms with Crippen LogP contribution in [0.15, 0.2) is 83.3 Å². The van der Waals surface area contributed by atoms with E-state index in [0.29, 0.717) is 42.5 Å². The zero-order valence-electron chi connectivity index (χ0n) is 17.9. The van der Waals surface area contributed by atoms with Crippen molar-refractivity contribution < 1.29 is 9.59 Å². The highest BCUT2D eigenvalue weighted by atomic mass is 79.9. The van der Waals surface area contributed by atoms with Gasteiger partial charge in [-0.15, -0.1) is 0 Å². The predicted molar refractivity (Wildman–Crippen MR) is 138 cm³/mol. The molecule has 33 heavy (non-hydrogen) atoms. The van der Waals surface area contributed by atoms with Crippen molar-refractivity contribution in [2.24, 2.45) is 0 Å². The number of halogens is 2. The molecule has 0 bridgehead atoms. The summed E-state index contributed by atoms with van der Waals surface area (Å²) in [6, 6.07) is 22.5. The highest BCUT2D eigenvalue weighted by Crippen LogP contribution is 2.30. The molecule has 0 atom stereocenters. The molecular formula is C26H23BrClN3O2. The summed E-state index contributed by atoms with van der Waals surface area (Å²) in [7, 11) is 0. The van der Waals surface area contributed by atoms with Crippen LogP contribution in [0, 0.1) is 0 Å². The third-order valence-electron chi connectivity index (χ3n) is 5.47. The molecular weight excluding hydrogens is 502 g/mol. The van der Waals surface area contributed by atoms with Gasteiger partial charge >= 0.3 is 0 Å². The number of carbonyl (C=O) groups excluding carboxylic acids is 2. The third kappa shape index (κ3) is 5.83. The normalized spacial score (nSPS) is 13.9. The summed E-state index contributed by atoms with van der Waals surface area (Å²) in [5.41, 5.74) is 3.08. The van der Waals surface area contributed by atoms with Crippen LogP contribution < -0.4 is 10.2 Å². The van der Waals surface area contributed by atoms with Crippen molar-refractivity contribution in [3.63, 3.8) is 0 Å².